The number of benzene rings is 1. The zero-order valence-corrected chi connectivity index (χ0v) is 15.0. The number of fused-ring (bicyclic) bond motifs is 4. The molecule has 0 spiro atoms. The van der Waals surface area contributed by atoms with Crippen LogP contribution in [-0.4, -0.2) is 39.7 Å². The number of aromatic nitrogens is 1. The molecule has 2 aromatic rings. The molecule has 2 atom stereocenters. The Labute approximate surface area is 156 Å². The molecule has 0 saturated carbocycles. The summed E-state index contributed by atoms with van der Waals surface area (Å²) in [6.07, 6.45) is 0.956. The Morgan fingerprint density at radius 3 is 2.74 bits per heavy atom. The van der Waals surface area contributed by atoms with Gasteiger partial charge in [-0.05, 0) is 43.0 Å². The standard InChI is InChI=1S/C20H21N3O4/c1-12-5-6-15(19(25)26)16(7-12)21-20(27)22-9-13-8-14(11-22)17-3-2-4-18(24)23(17)10-13/h2-7,13-14H,8-11H2,1H3,(H,21,27)(H,25,26)/t13-,14-/m0/s1. The van der Waals surface area contributed by atoms with Gasteiger partial charge in [-0.2, -0.15) is 0 Å². The van der Waals surface area contributed by atoms with Crippen molar-refractivity contribution in [3.63, 3.8) is 0 Å². The first kappa shape index (κ1) is 17.3. The predicted molar refractivity (Wildman–Crippen MR) is 100 cm³/mol. The van der Waals surface area contributed by atoms with Crippen LogP contribution < -0.4 is 10.9 Å². The summed E-state index contributed by atoms with van der Waals surface area (Å²) < 4.78 is 1.82. The lowest BCUT2D eigenvalue weighted by atomic mass is 9.83. The Bertz CT molecular complexity index is 981. The number of anilines is 1. The highest BCUT2D eigenvalue weighted by atomic mass is 16.4. The zero-order valence-electron chi connectivity index (χ0n) is 15.0. The third-order valence-electron chi connectivity index (χ3n) is 5.41. The number of piperidine rings is 1. The van der Waals surface area contributed by atoms with Crippen LogP contribution in [0.15, 0.2) is 41.2 Å². The third-order valence-corrected chi connectivity index (χ3v) is 5.41. The lowest BCUT2D eigenvalue weighted by Crippen LogP contribution is -2.50. The van der Waals surface area contributed by atoms with E-state index in [0.717, 1.165) is 17.7 Å². The van der Waals surface area contributed by atoms with Crippen molar-refractivity contribution in [3.05, 3.63) is 63.6 Å². The number of pyridine rings is 1. The number of nitrogens with one attached hydrogen (secondary N) is 1. The summed E-state index contributed by atoms with van der Waals surface area (Å²) in [5, 5.41) is 12.1. The Morgan fingerprint density at radius 2 is 1.96 bits per heavy atom. The van der Waals surface area contributed by atoms with Crippen LogP contribution in [0, 0.1) is 12.8 Å². The van der Waals surface area contributed by atoms with Crippen LogP contribution in [0.3, 0.4) is 0 Å². The third kappa shape index (κ3) is 3.20. The van der Waals surface area contributed by atoms with Crippen LogP contribution in [0.1, 0.15) is 34.0 Å². The highest BCUT2D eigenvalue weighted by Crippen LogP contribution is 2.35. The van der Waals surface area contributed by atoms with Gasteiger partial charge in [-0.3, -0.25) is 4.79 Å². The molecular formula is C20H21N3O4. The van der Waals surface area contributed by atoms with Crippen LogP contribution in [0.2, 0.25) is 0 Å². The number of likely N-dealkylation sites (tertiary alicyclic amines) is 1. The first-order valence-corrected chi connectivity index (χ1v) is 9.02. The van der Waals surface area contributed by atoms with Crippen molar-refractivity contribution in [2.24, 2.45) is 5.92 Å². The molecule has 1 aromatic heterocycles. The summed E-state index contributed by atoms with van der Waals surface area (Å²) >= 11 is 0. The Balaban J connectivity index is 1.56. The number of urea groups is 1. The summed E-state index contributed by atoms with van der Waals surface area (Å²) in [5.74, 6) is -0.735. The number of carbonyl (C=O) groups is 2. The number of aromatic carboxylic acids is 1. The number of rotatable bonds is 2. The summed E-state index contributed by atoms with van der Waals surface area (Å²) in [6, 6.07) is 9.86. The Hall–Kier alpha value is -3.09. The molecule has 0 radical (unpaired) electrons. The molecular weight excluding hydrogens is 346 g/mol. The monoisotopic (exact) mass is 367 g/mol. The van der Waals surface area contributed by atoms with Crippen LogP contribution in [0.25, 0.3) is 0 Å². The summed E-state index contributed by atoms with van der Waals surface area (Å²) in [4.78, 5) is 38.1. The number of amides is 2. The fourth-order valence-corrected chi connectivity index (χ4v) is 4.20. The van der Waals surface area contributed by atoms with E-state index in [-0.39, 0.29) is 29.0 Å². The van der Waals surface area contributed by atoms with Crippen molar-refractivity contribution in [3.8, 4) is 0 Å². The van der Waals surface area contributed by atoms with Crippen molar-refractivity contribution in [1.82, 2.24) is 9.47 Å². The Morgan fingerprint density at radius 1 is 1.15 bits per heavy atom. The minimum atomic E-state index is -1.07. The van der Waals surface area contributed by atoms with Gasteiger partial charge < -0.3 is 19.9 Å². The molecule has 1 aromatic carbocycles. The number of carbonyl (C=O) groups excluding carboxylic acids is 1. The number of nitrogens with zero attached hydrogens (tertiary/aromatic N) is 2. The van der Waals surface area contributed by atoms with E-state index in [9.17, 15) is 19.5 Å². The summed E-state index contributed by atoms with van der Waals surface area (Å²) in [6.45, 7) is 3.53. The highest BCUT2D eigenvalue weighted by molar-refractivity contribution is 6.00. The largest absolute Gasteiger partial charge is 0.478 e. The first-order valence-electron chi connectivity index (χ1n) is 9.02. The quantitative estimate of drug-likeness (QED) is 0.853. The van der Waals surface area contributed by atoms with E-state index in [4.69, 9.17) is 0 Å². The van der Waals surface area contributed by atoms with E-state index < -0.39 is 5.97 Å². The van der Waals surface area contributed by atoms with E-state index in [0.29, 0.717) is 25.3 Å². The minimum Gasteiger partial charge on any atom is -0.478 e. The van der Waals surface area contributed by atoms with Crippen LogP contribution in [0.5, 0.6) is 0 Å². The van der Waals surface area contributed by atoms with E-state index in [1.54, 1.807) is 29.2 Å². The van der Waals surface area contributed by atoms with E-state index >= 15 is 0 Å². The molecule has 0 aliphatic carbocycles. The lowest BCUT2D eigenvalue weighted by molar-refractivity contribution is 0.0698. The van der Waals surface area contributed by atoms with Crippen LogP contribution in [0.4, 0.5) is 10.5 Å². The van der Waals surface area contributed by atoms with Gasteiger partial charge >= 0.3 is 12.0 Å². The molecule has 7 nitrogen and oxygen atoms in total. The van der Waals surface area contributed by atoms with Crippen molar-refractivity contribution in [1.29, 1.82) is 0 Å². The number of carboxylic acids is 1. The summed E-state index contributed by atoms with van der Waals surface area (Å²) in [7, 11) is 0. The average molecular weight is 367 g/mol. The minimum absolute atomic E-state index is 0.00552. The molecule has 2 N–H and O–H groups in total. The van der Waals surface area contributed by atoms with Gasteiger partial charge in [0.2, 0.25) is 0 Å². The number of hydrogen-bond acceptors (Lipinski definition) is 3. The average Bonchev–Trinajstić information content (AvgIpc) is 2.62. The molecule has 7 heteroatoms. The number of carboxylic acid groups (broad SMARTS) is 1. The van der Waals surface area contributed by atoms with Crippen molar-refractivity contribution >= 4 is 17.7 Å². The molecule has 2 aliphatic heterocycles. The maximum Gasteiger partial charge on any atom is 0.337 e. The normalized spacial score (nSPS) is 20.7. The lowest BCUT2D eigenvalue weighted by Gasteiger charge is -2.42. The highest BCUT2D eigenvalue weighted by Gasteiger charge is 2.36. The molecule has 27 heavy (non-hydrogen) atoms. The fraction of sp³-hybridized carbons (Fsp3) is 0.350. The van der Waals surface area contributed by atoms with Gasteiger partial charge in [0, 0.05) is 37.3 Å². The molecule has 2 bridgehead atoms. The first-order chi connectivity index (χ1) is 12.9. The fourth-order valence-electron chi connectivity index (χ4n) is 4.20. The van der Waals surface area contributed by atoms with Gasteiger partial charge in [0.25, 0.3) is 5.56 Å². The van der Waals surface area contributed by atoms with Crippen LogP contribution in [-0.2, 0) is 6.54 Å². The van der Waals surface area contributed by atoms with Crippen LogP contribution >= 0.6 is 0 Å². The SMILES string of the molecule is Cc1ccc(C(=O)O)c(NC(=O)N2C[C@@H]3C[C@@H](C2)c2cccc(=O)n2C3)c1. The molecule has 0 unspecified atom stereocenters. The van der Waals surface area contributed by atoms with E-state index in [1.165, 1.54) is 6.07 Å². The maximum atomic E-state index is 12.8. The topological polar surface area (TPSA) is 91.6 Å². The van der Waals surface area contributed by atoms with Gasteiger partial charge in [0.05, 0.1) is 11.3 Å². The van der Waals surface area contributed by atoms with Gasteiger partial charge in [-0.25, -0.2) is 9.59 Å². The summed E-state index contributed by atoms with van der Waals surface area (Å²) in [5.41, 5.74) is 2.23. The maximum absolute atomic E-state index is 12.8. The van der Waals surface area contributed by atoms with Crippen molar-refractivity contribution < 1.29 is 14.7 Å². The molecule has 1 fully saturated rings. The van der Waals surface area contributed by atoms with Gasteiger partial charge in [-0.15, -0.1) is 0 Å². The van der Waals surface area contributed by atoms with Gasteiger partial charge in [-0.1, -0.05) is 12.1 Å². The van der Waals surface area contributed by atoms with Crippen molar-refractivity contribution in [2.75, 3.05) is 18.4 Å². The molecule has 140 valence electrons. The van der Waals surface area contributed by atoms with E-state index in [2.05, 4.69) is 5.32 Å². The second-order valence-electron chi connectivity index (χ2n) is 7.39. The molecule has 2 aliphatic rings. The molecule has 4 rings (SSSR count). The molecule has 3 heterocycles. The van der Waals surface area contributed by atoms with Crippen molar-refractivity contribution in [2.45, 2.75) is 25.8 Å². The molecule has 1 saturated heterocycles. The predicted octanol–water partition coefficient (Wildman–Crippen LogP) is 2.51. The van der Waals surface area contributed by atoms with Gasteiger partial charge in [0.1, 0.15) is 0 Å². The smallest absolute Gasteiger partial charge is 0.337 e. The zero-order chi connectivity index (χ0) is 19.1. The number of hydrogen-bond donors (Lipinski definition) is 2. The number of aryl methyl sites for hydroxylation is 1. The second kappa shape index (κ2) is 6.57. The van der Waals surface area contributed by atoms with E-state index in [1.807, 2.05) is 17.6 Å². The second-order valence-corrected chi connectivity index (χ2v) is 7.39. The Kier molecular flexibility index (Phi) is 4.22. The molecule has 2 amide bonds. The van der Waals surface area contributed by atoms with Gasteiger partial charge in [0.15, 0.2) is 0 Å².